The van der Waals surface area contributed by atoms with Gasteiger partial charge in [-0.05, 0) is 47.9 Å². The number of nitrogens with zero attached hydrogens (tertiary/aromatic N) is 4. The lowest BCUT2D eigenvalue weighted by atomic mass is 9.97. The van der Waals surface area contributed by atoms with Crippen molar-refractivity contribution >= 4 is 16.8 Å². The van der Waals surface area contributed by atoms with Gasteiger partial charge in [-0.3, -0.25) is 14.5 Å². The molecule has 6 heteroatoms. The summed E-state index contributed by atoms with van der Waals surface area (Å²) in [6.45, 7) is -0.303. The number of aromatic nitrogens is 3. The number of amides is 1. The zero-order valence-electron chi connectivity index (χ0n) is 18.0. The second kappa shape index (κ2) is 6.51. The molecule has 1 amide bonds. The normalized spacial score (nSPS) is 16.1. The van der Waals surface area contributed by atoms with Crippen molar-refractivity contribution in [2.75, 3.05) is 0 Å². The maximum atomic E-state index is 15.1. The van der Waals surface area contributed by atoms with E-state index in [0.29, 0.717) is 5.56 Å². The fraction of sp³-hybridized carbons (Fsp3) is 0.174. The van der Waals surface area contributed by atoms with Gasteiger partial charge in [-0.1, -0.05) is 18.2 Å². The summed E-state index contributed by atoms with van der Waals surface area (Å²) in [4.78, 5) is 17.8. The Morgan fingerprint density at radius 2 is 2.07 bits per heavy atom. The molecule has 4 aromatic rings. The second-order valence-corrected chi connectivity index (χ2v) is 7.18. The van der Waals surface area contributed by atoms with Crippen molar-refractivity contribution in [3.05, 3.63) is 83.1 Å². The van der Waals surface area contributed by atoms with E-state index in [0.717, 1.165) is 26.9 Å². The summed E-state index contributed by atoms with van der Waals surface area (Å²) in [5.74, 6) is -0.981. The van der Waals surface area contributed by atoms with Crippen molar-refractivity contribution in [3.8, 4) is 11.1 Å². The minimum absolute atomic E-state index is 0.0671. The molecule has 0 unspecified atom stereocenters. The molecule has 144 valence electrons. The molecule has 0 spiro atoms. The van der Waals surface area contributed by atoms with E-state index < -0.39 is 18.2 Å². The average Bonchev–Trinajstić information content (AvgIpc) is 3.21. The molecule has 1 aliphatic rings. The third-order valence-electron chi connectivity index (χ3n) is 5.29. The monoisotopic (exact) mass is 388 g/mol. The van der Waals surface area contributed by atoms with E-state index in [-0.39, 0.29) is 23.4 Å². The maximum Gasteiger partial charge on any atom is 0.256 e. The first-order chi connectivity index (χ1) is 14.8. The molecule has 3 heterocycles. The predicted octanol–water partition coefficient (Wildman–Crippen LogP) is 4.24. The minimum Gasteiger partial charge on any atom is -0.328 e. The number of hydrogen-bond donors (Lipinski definition) is 0. The van der Waals surface area contributed by atoms with Gasteiger partial charge in [-0.25, -0.2) is 4.39 Å². The molecular formula is C23H19FN4O. The summed E-state index contributed by atoms with van der Waals surface area (Å²) in [7, 11) is 1.86. The molecule has 0 fully saturated rings. The van der Waals surface area contributed by atoms with Gasteiger partial charge in [0.05, 0.1) is 26.0 Å². The Balaban J connectivity index is 1.49. The molecule has 1 aliphatic heterocycles. The molecule has 0 bridgehead atoms. The molecular weight excluding hydrogens is 367 g/mol. The number of aryl methyl sites for hydroxylation is 2. The standard InChI is InChI=1S/C23H19FN4O/c1-14-17(7-8-21-19(14)12-27(2)26-21)15-5-6-16(20(24)10-15)11-28-13-22-18(23(28)29)4-3-9-25-22/h3-10,12H,11,13H2,1-2H3/i13D2. The van der Waals surface area contributed by atoms with Gasteiger partial charge in [0.2, 0.25) is 0 Å². The first kappa shape index (κ1) is 15.4. The lowest BCUT2D eigenvalue weighted by Gasteiger charge is -2.16. The molecule has 2 aromatic heterocycles. The van der Waals surface area contributed by atoms with Crippen molar-refractivity contribution in [2.45, 2.75) is 20.0 Å². The topological polar surface area (TPSA) is 51.0 Å². The van der Waals surface area contributed by atoms with Gasteiger partial charge in [0, 0.05) is 36.9 Å². The summed E-state index contributed by atoms with van der Waals surface area (Å²) >= 11 is 0. The van der Waals surface area contributed by atoms with E-state index in [1.54, 1.807) is 28.9 Å². The van der Waals surface area contributed by atoms with E-state index in [9.17, 15) is 4.79 Å². The number of fused-ring (bicyclic) bond motifs is 2. The van der Waals surface area contributed by atoms with Gasteiger partial charge in [-0.15, -0.1) is 0 Å². The van der Waals surface area contributed by atoms with Crippen LogP contribution >= 0.6 is 0 Å². The van der Waals surface area contributed by atoms with Crippen molar-refractivity contribution < 1.29 is 11.9 Å². The number of carbonyl (C=O) groups excluding carboxylic acids is 1. The SMILES string of the molecule is [2H]C1([2H])c2ncccc2C(=O)N1Cc1ccc(-c2ccc3nn(C)cc3c2C)cc1F. The van der Waals surface area contributed by atoms with Crippen LogP contribution in [-0.2, 0) is 20.1 Å². The summed E-state index contributed by atoms with van der Waals surface area (Å²) in [6, 6.07) is 11.8. The number of rotatable bonds is 3. The van der Waals surface area contributed by atoms with E-state index in [4.69, 9.17) is 2.74 Å². The zero-order chi connectivity index (χ0) is 21.9. The van der Waals surface area contributed by atoms with Gasteiger partial charge in [0.15, 0.2) is 0 Å². The van der Waals surface area contributed by atoms with E-state index >= 15 is 4.39 Å². The molecule has 0 saturated carbocycles. The third-order valence-corrected chi connectivity index (χ3v) is 5.29. The van der Waals surface area contributed by atoms with E-state index in [2.05, 4.69) is 10.1 Å². The van der Waals surface area contributed by atoms with Crippen molar-refractivity contribution in [1.82, 2.24) is 19.7 Å². The Hall–Kier alpha value is -3.54. The number of hydrogen-bond acceptors (Lipinski definition) is 3. The van der Waals surface area contributed by atoms with Crippen molar-refractivity contribution in [1.29, 1.82) is 0 Å². The van der Waals surface area contributed by atoms with Crippen LogP contribution in [0.15, 0.2) is 54.9 Å². The molecule has 0 radical (unpaired) electrons. The summed E-state index contributed by atoms with van der Waals surface area (Å²) in [5.41, 5.74) is 4.02. The smallest absolute Gasteiger partial charge is 0.256 e. The lowest BCUT2D eigenvalue weighted by molar-refractivity contribution is 0.0765. The molecule has 29 heavy (non-hydrogen) atoms. The molecule has 0 N–H and O–H groups in total. The molecule has 2 aromatic carbocycles. The highest BCUT2D eigenvalue weighted by Crippen LogP contribution is 2.31. The summed E-state index contributed by atoms with van der Waals surface area (Å²) in [5, 5.41) is 5.41. The Morgan fingerprint density at radius 1 is 1.21 bits per heavy atom. The number of benzene rings is 2. The molecule has 5 rings (SSSR count). The largest absolute Gasteiger partial charge is 0.328 e. The van der Waals surface area contributed by atoms with Crippen molar-refractivity contribution in [3.63, 3.8) is 0 Å². The minimum atomic E-state index is -2.10. The Morgan fingerprint density at radius 3 is 2.86 bits per heavy atom. The van der Waals surface area contributed by atoms with Crippen LogP contribution in [0.4, 0.5) is 4.39 Å². The van der Waals surface area contributed by atoms with Gasteiger partial charge in [-0.2, -0.15) is 5.10 Å². The van der Waals surface area contributed by atoms with Crippen LogP contribution in [0.3, 0.4) is 0 Å². The van der Waals surface area contributed by atoms with Gasteiger partial charge >= 0.3 is 0 Å². The number of carbonyl (C=O) groups is 1. The molecule has 0 saturated heterocycles. The average molecular weight is 388 g/mol. The number of halogens is 1. The predicted molar refractivity (Wildman–Crippen MR) is 109 cm³/mol. The first-order valence-electron chi connectivity index (χ1n) is 10.3. The van der Waals surface area contributed by atoms with Crippen LogP contribution in [-0.4, -0.2) is 25.6 Å². The Kier molecular flexibility index (Phi) is 3.46. The van der Waals surface area contributed by atoms with E-state index in [1.165, 1.54) is 12.3 Å². The van der Waals surface area contributed by atoms with Crippen LogP contribution in [0.2, 0.25) is 0 Å². The van der Waals surface area contributed by atoms with Crippen LogP contribution in [0, 0.1) is 12.7 Å². The summed E-state index contributed by atoms with van der Waals surface area (Å²) < 4.78 is 33.5. The van der Waals surface area contributed by atoms with Crippen molar-refractivity contribution in [2.24, 2.45) is 7.05 Å². The summed E-state index contributed by atoms with van der Waals surface area (Å²) in [6.07, 6.45) is 3.38. The lowest BCUT2D eigenvalue weighted by Crippen LogP contribution is -2.23. The van der Waals surface area contributed by atoms with Crippen LogP contribution in [0.5, 0.6) is 0 Å². The fourth-order valence-electron chi connectivity index (χ4n) is 3.78. The maximum absolute atomic E-state index is 15.1. The molecule has 5 nitrogen and oxygen atoms in total. The van der Waals surface area contributed by atoms with Gasteiger partial charge in [0.1, 0.15) is 5.82 Å². The second-order valence-electron chi connectivity index (χ2n) is 7.18. The highest BCUT2D eigenvalue weighted by Gasteiger charge is 2.28. The number of pyridine rings is 1. The highest BCUT2D eigenvalue weighted by molar-refractivity contribution is 5.97. The van der Waals surface area contributed by atoms with Crippen LogP contribution < -0.4 is 0 Å². The van der Waals surface area contributed by atoms with Crippen LogP contribution in [0.1, 0.15) is 29.9 Å². The van der Waals surface area contributed by atoms with E-state index in [1.807, 2.05) is 32.3 Å². The first-order valence-corrected chi connectivity index (χ1v) is 9.26. The highest BCUT2D eigenvalue weighted by atomic mass is 19.1. The van der Waals surface area contributed by atoms with Gasteiger partial charge < -0.3 is 4.90 Å². The Labute approximate surface area is 170 Å². The fourth-order valence-corrected chi connectivity index (χ4v) is 3.78. The quantitative estimate of drug-likeness (QED) is 0.528. The Bertz CT molecular complexity index is 1370. The molecule has 0 atom stereocenters. The van der Waals surface area contributed by atoms with Gasteiger partial charge in [0.25, 0.3) is 5.91 Å². The zero-order valence-corrected chi connectivity index (χ0v) is 16.0. The molecule has 0 aliphatic carbocycles. The third kappa shape index (κ3) is 2.88. The van der Waals surface area contributed by atoms with Crippen LogP contribution in [0.25, 0.3) is 22.0 Å².